The van der Waals surface area contributed by atoms with Crippen LogP contribution in [0.2, 0.25) is 0 Å². The van der Waals surface area contributed by atoms with E-state index in [2.05, 4.69) is 15.1 Å². The third-order valence-corrected chi connectivity index (χ3v) is 4.69. The van der Waals surface area contributed by atoms with Crippen LogP contribution in [0.5, 0.6) is 0 Å². The van der Waals surface area contributed by atoms with Gasteiger partial charge < -0.3 is 14.3 Å². The van der Waals surface area contributed by atoms with E-state index in [-0.39, 0.29) is 6.61 Å². The number of phosphoric ester groups is 2. The van der Waals surface area contributed by atoms with Crippen LogP contribution in [0, 0.1) is 0 Å². The summed E-state index contributed by atoms with van der Waals surface area (Å²) in [4.78, 5) is 34.0. The second-order valence-corrected chi connectivity index (χ2v) is 8.82. The summed E-state index contributed by atoms with van der Waals surface area (Å²) in [5.41, 5.74) is 0. The molecule has 0 saturated carbocycles. The zero-order valence-corrected chi connectivity index (χ0v) is 18.1. The lowest BCUT2D eigenvalue weighted by Gasteiger charge is -2.05. The van der Waals surface area contributed by atoms with Crippen molar-refractivity contribution in [2.75, 3.05) is 6.61 Å². The number of unbranched alkanes of at least 4 members (excludes halogenated alkanes) is 10. The summed E-state index contributed by atoms with van der Waals surface area (Å²) in [6, 6.07) is 0. The fourth-order valence-electron chi connectivity index (χ4n) is 2.42. The molecule has 0 saturated heterocycles. The van der Waals surface area contributed by atoms with Crippen molar-refractivity contribution in [3.05, 3.63) is 36.6 Å². The Morgan fingerprint density at radius 2 is 1.11 bits per heavy atom. The highest BCUT2D eigenvalue weighted by atomic mass is 31.2. The highest BCUT2D eigenvalue weighted by Gasteiger charge is 2.12. The van der Waals surface area contributed by atoms with E-state index in [1.54, 1.807) is 12.2 Å². The van der Waals surface area contributed by atoms with Crippen LogP contribution in [0.4, 0.5) is 0 Å². The zero-order valence-electron chi connectivity index (χ0n) is 16.3. The monoisotopic (exact) mass is 440 g/mol. The van der Waals surface area contributed by atoms with Crippen LogP contribution >= 0.6 is 15.6 Å². The van der Waals surface area contributed by atoms with Gasteiger partial charge in [0.15, 0.2) is 0 Å². The number of hydrogen-bond donors (Lipinski definition) is 4. The van der Waals surface area contributed by atoms with E-state index in [9.17, 15) is 9.13 Å². The third-order valence-electron chi connectivity index (χ3n) is 3.77. The van der Waals surface area contributed by atoms with Crippen molar-refractivity contribution in [3.8, 4) is 0 Å². The molecule has 0 aromatic heterocycles. The molecule has 0 heterocycles. The molecule has 0 unspecified atom stereocenters. The highest BCUT2D eigenvalue weighted by molar-refractivity contribution is 7.46. The second kappa shape index (κ2) is 17.2. The lowest BCUT2D eigenvalue weighted by atomic mass is 10.1. The average Bonchev–Trinajstić information content (AvgIpc) is 2.58. The summed E-state index contributed by atoms with van der Waals surface area (Å²) < 4.78 is 29.4. The third kappa shape index (κ3) is 25.3. The van der Waals surface area contributed by atoms with Crippen LogP contribution < -0.4 is 0 Å². The van der Waals surface area contributed by atoms with E-state index in [1.807, 2.05) is 6.08 Å². The summed E-state index contributed by atoms with van der Waals surface area (Å²) in [5.74, 6) is 0. The van der Waals surface area contributed by atoms with Gasteiger partial charge in [-0.15, -0.1) is 0 Å². The minimum atomic E-state index is -4.43. The minimum absolute atomic E-state index is 0.121. The first-order valence-corrected chi connectivity index (χ1v) is 12.7. The summed E-state index contributed by atoms with van der Waals surface area (Å²) in [6.07, 6.45) is 21.8. The molecule has 0 aromatic rings. The maximum absolute atomic E-state index is 10.5. The number of hydrogen-bond acceptors (Lipinski definition) is 4. The van der Waals surface area contributed by atoms with Gasteiger partial charge in [0, 0.05) is 0 Å². The average molecular weight is 440 g/mol. The van der Waals surface area contributed by atoms with E-state index in [4.69, 9.17) is 19.6 Å². The molecular weight excluding hydrogens is 406 g/mol. The lowest BCUT2D eigenvalue weighted by molar-refractivity contribution is 0.193. The predicted octanol–water partition coefficient (Wildman–Crippen LogP) is 5.12. The van der Waals surface area contributed by atoms with Gasteiger partial charge in [-0.1, -0.05) is 75.7 Å². The summed E-state index contributed by atoms with van der Waals surface area (Å²) in [7, 11) is -8.73. The Labute approximate surface area is 167 Å². The SMILES string of the molecule is O=P(O)(O)O/C=C/C=C/C=C/CCCCCCCCCCCCOP(=O)(O)O. The maximum atomic E-state index is 10.5. The van der Waals surface area contributed by atoms with Crippen LogP contribution in [0.1, 0.15) is 70.6 Å². The Balaban J connectivity index is 3.31. The molecule has 8 nitrogen and oxygen atoms in total. The first-order chi connectivity index (χ1) is 13.2. The molecule has 164 valence electrons. The van der Waals surface area contributed by atoms with Crippen LogP contribution in [0.15, 0.2) is 36.6 Å². The standard InChI is InChI=1S/C18H34O8P2/c19-27(20,21)25-17-15-13-11-9-7-5-3-1-2-4-6-8-10-12-14-16-18-26-28(22,23)24/h7,9,11,13,15,17H,1-6,8,10,12,14,16,18H2,(H2,19,20,21)(H2,22,23,24)/b9-7+,13-11+,17-15+. The van der Waals surface area contributed by atoms with Crippen molar-refractivity contribution < 1.29 is 37.8 Å². The van der Waals surface area contributed by atoms with Crippen LogP contribution in [-0.2, 0) is 18.2 Å². The molecule has 0 bridgehead atoms. The van der Waals surface area contributed by atoms with Crippen LogP contribution in [0.25, 0.3) is 0 Å². The summed E-state index contributed by atoms with van der Waals surface area (Å²) >= 11 is 0. The summed E-state index contributed by atoms with van der Waals surface area (Å²) in [6.45, 7) is 0.121. The molecule has 0 aromatic carbocycles. The van der Waals surface area contributed by atoms with Gasteiger partial charge in [0.25, 0.3) is 0 Å². The van der Waals surface area contributed by atoms with Gasteiger partial charge in [-0.2, -0.15) is 0 Å². The smallest absolute Gasteiger partial charge is 0.412 e. The summed E-state index contributed by atoms with van der Waals surface area (Å²) in [5, 5.41) is 0. The normalized spacial score (nSPS) is 13.3. The van der Waals surface area contributed by atoms with Gasteiger partial charge in [-0.25, -0.2) is 9.13 Å². The Morgan fingerprint density at radius 1 is 0.607 bits per heavy atom. The van der Waals surface area contributed by atoms with Crippen molar-refractivity contribution in [2.24, 2.45) is 0 Å². The number of phosphoric acid groups is 2. The molecule has 10 heteroatoms. The fourth-order valence-corrected chi connectivity index (χ4v) is 3.02. The molecule has 0 atom stereocenters. The molecular formula is C18H34O8P2. The van der Waals surface area contributed by atoms with Gasteiger partial charge in [0.05, 0.1) is 12.9 Å². The predicted molar refractivity (Wildman–Crippen MR) is 109 cm³/mol. The molecule has 0 amide bonds. The van der Waals surface area contributed by atoms with Gasteiger partial charge >= 0.3 is 15.6 Å². The Morgan fingerprint density at radius 3 is 1.64 bits per heavy atom. The molecule has 0 aliphatic heterocycles. The van der Waals surface area contributed by atoms with E-state index in [0.29, 0.717) is 6.42 Å². The molecule has 0 spiro atoms. The number of allylic oxidation sites excluding steroid dienone is 5. The van der Waals surface area contributed by atoms with E-state index < -0.39 is 15.6 Å². The molecule has 0 rings (SSSR count). The lowest BCUT2D eigenvalue weighted by Crippen LogP contribution is -1.92. The first kappa shape index (κ1) is 27.3. The number of rotatable bonds is 18. The van der Waals surface area contributed by atoms with Crippen molar-refractivity contribution in [1.82, 2.24) is 0 Å². The Kier molecular flexibility index (Phi) is 16.7. The topological polar surface area (TPSA) is 134 Å². The molecule has 4 N–H and O–H groups in total. The molecule has 0 radical (unpaired) electrons. The van der Waals surface area contributed by atoms with Crippen molar-refractivity contribution in [1.29, 1.82) is 0 Å². The second-order valence-electron chi connectivity index (χ2n) is 6.39. The van der Waals surface area contributed by atoms with Gasteiger partial charge in [-0.3, -0.25) is 14.3 Å². The van der Waals surface area contributed by atoms with Crippen LogP contribution in [-0.4, -0.2) is 26.2 Å². The largest absolute Gasteiger partial charge is 0.524 e. The highest BCUT2D eigenvalue weighted by Crippen LogP contribution is 2.36. The van der Waals surface area contributed by atoms with Crippen molar-refractivity contribution in [3.63, 3.8) is 0 Å². The zero-order chi connectivity index (χ0) is 21.1. The van der Waals surface area contributed by atoms with E-state index in [1.165, 1.54) is 38.2 Å². The van der Waals surface area contributed by atoms with E-state index >= 15 is 0 Å². The molecule has 0 fully saturated rings. The quantitative estimate of drug-likeness (QED) is 0.0998. The minimum Gasteiger partial charge on any atom is -0.412 e. The van der Waals surface area contributed by atoms with Gasteiger partial charge in [0.1, 0.15) is 0 Å². The molecule has 0 aliphatic rings. The Bertz CT molecular complexity index is 548. The fraction of sp³-hybridized carbons (Fsp3) is 0.667. The van der Waals surface area contributed by atoms with Crippen LogP contribution in [0.3, 0.4) is 0 Å². The first-order valence-electron chi connectivity index (χ1n) is 9.63. The molecule has 0 aliphatic carbocycles. The Hall–Kier alpha value is -0.720. The molecule has 28 heavy (non-hydrogen) atoms. The van der Waals surface area contributed by atoms with Gasteiger partial charge in [0.2, 0.25) is 0 Å². The van der Waals surface area contributed by atoms with Crippen molar-refractivity contribution in [2.45, 2.75) is 70.6 Å². The van der Waals surface area contributed by atoms with E-state index in [0.717, 1.165) is 38.4 Å². The van der Waals surface area contributed by atoms with Gasteiger partial charge in [-0.05, 0) is 25.3 Å². The van der Waals surface area contributed by atoms with Crippen molar-refractivity contribution >= 4 is 15.6 Å². The maximum Gasteiger partial charge on any atom is 0.524 e.